The highest BCUT2D eigenvalue weighted by Crippen LogP contribution is 2.11. The number of nitrogens with one attached hydrogen (secondary N) is 1. The van der Waals surface area contributed by atoms with E-state index in [1.807, 2.05) is 0 Å². The van der Waals surface area contributed by atoms with E-state index in [4.69, 9.17) is 16.7 Å². The molecule has 0 saturated carbocycles. The van der Waals surface area contributed by atoms with Gasteiger partial charge in [0.25, 0.3) is 5.91 Å². The van der Waals surface area contributed by atoms with Crippen molar-refractivity contribution in [1.82, 2.24) is 10.3 Å². The number of hydrogen-bond donors (Lipinski definition) is 2. The van der Waals surface area contributed by atoms with Crippen LogP contribution in [0.2, 0.25) is 5.15 Å². The Labute approximate surface area is 127 Å². The predicted molar refractivity (Wildman–Crippen MR) is 77.2 cm³/mol. The number of carboxylic acid groups (broad SMARTS) is 1. The molecule has 7 nitrogen and oxygen atoms in total. The van der Waals surface area contributed by atoms with Gasteiger partial charge in [0.15, 0.2) is 0 Å². The predicted octanol–water partition coefficient (Wildman–Crippen LogP) is 0.661. The number of aromatic nitrogens is 1. The Balaban J connectivity index is 2.83. The largest absolute Gasteiger partial charge is 0.480 e. The van der Waals surface area contributed by atoms with Crippen LogP contribution in [0.4, 0.5) is 0 Å². The summed E-state index contributed by atoms with van der Waals surface area (Å²) in [6.07, 6.45) is 0.789. The Morgan fingerprint density at radius 2 is 2.05 bits per heavy atom. The van der Waals surface area contributed by atoms with Crippen molar-refractivity contribution in [2.45, 2.75) is 19.4 Å². The van der Waals surface area contributed by atoms with Crippen LogP contribution >= 0.6 is 11.6 Å². The van der Waals surface area contributed by atoms with Crippen molar-refractivity contribution in [3.63, 3.8) is 0 Å². The Morgan fingerprint density at radius 1 is 1.43 bits per heavy atom. The first kappa shape index (κ1) is 17.4. The molecule has 9 heteroatoms. The van der Waals surface area contributed by atoms with E-state index < -0.39 is 27.8 Å². The number of aryl methyl sites for hydroxylation is 1. The van der Waals surface area contributed by atoms with E-state index >= 15 is 0 Å². The number of amides is 1. The number of carbonyl (C=O) groups is 2. The van der Waals surface area contributed by atoms with Gasteiger partial charge in [0, 0.05) is 17.5 Å². The van der Waals surface area contributed by atoms with E-state index in [0.29, 0.717) is 5.69 Å². The van der Waals surface area contributed by atoms with Gasteiger partial charge in [-0.05, 0) is 25.5 Å². The van der Waals surface area contributed by atoms with Crippen molar-refractivity contribution >= 4 is 33.3 Å². The van der Waals surface area contributed by atoms with E-state index in [9.17, 15) is 18.0 Å². The van der Waals surface area contributed by atoms with Crippen LogP contribution in [0.1, 0.15) is 22.5 Å². The Bertz CT molecular complexity index is 639. The van der Waals surface area contributed by atoms with Crippen molar-refractivity contribution in [3.8, 4) is 0 Å². The topological polar surface area (TPSA) is 113 Å². The minimum atomic E-state index is -3.31. The zero-order valence-electron chi connectivity index (χ0n) is 11.5. The maximum Gasteiger partial charge on any atom is 0.326 e. The maximum absolute atomic E-state index is 12.0. The highest BCUT2D eigenvalue weighted by molar-refractivity contribution is 7.90. The summed E-state index contributed by atoms with van der Waals surface area (Å²) in [5.74, 6) is -2.28. The molecule has 0 fully saturated rings. The molecule has 1 aromatic rings. The molecule has 1 aromatic heterocycles. The number of sulfone groups is 1. The lowest BCUT2D eigenvalue weighted by Gasteiger charge is -2.14. The monoisotopic (exact) mass is 334 g/mol. The fraction of sp³-hybridized carbons (Fsp3) is 0.417. The summed E-state index contributed by atoms with van der Waals surface area (Å²) in [7, 11) is -3.31. The normalized spacial score (nSPS) is 12.7. The van der Waals surface area contributed by atoms with Crippen LogP contribution in [0, 0.1) is 6.92 Å². The van der Waals surface area contributed by atoms with Gasteiger partial charge < -0.3 is 10.4 Å². The smallest absolute Gasteiger partial charge is 0.326 e. The van der Waals surface area contributed by atoms with Crippen LogP contribution in [0.15, 0.2) is 12.1 Å². The SMILES string of the molecule is Cc1cc(C(=O)NC(CCS(C)(=O)=O)C(=O)O)cc(Cl)n1. The molecule has 0 aromatic carbocycles. The second kappa shape index (κ2) is 6.86. The second-order valence-electron chi connectivity index (χ2n) is 4.60. The van der Waals surface area contributed by atoms with Gasteiger partial charge in [0.2, 0.25) is 0 Å². The zero-order chi connectivity index (χ0) is 16.2. The molecular weight excluding hydrogens is 320 g/mol. The van der Waals surface area contributed by atoms with E-state index in [-0.39, 0.29) is 22.9 Å². The lowest BCUT2D eigenvalue weighted by atomic mass is 10.2. The number of aliphatic carboxylic acids is 1. The number of carboxylic acids is 1. The van der Waals surface area contributed by atoms with Crippen LogP contribution < -0.4 is 5.32 Å². The lowest BCUT2D eigenvalue weighted by molar-refractivity contribution is -0.139. The third-order valence-corrected chi connectivity index (χ3v) is 3.74. The minimum absolute atomic E-state index is 0.114. The molecule has 1 atom stereocenters. The second-order valence-corrected chi connectivity index (χ2v) is 7.25. The third kappa shape index (κ3) is 6.09. The lowest BCUT2D eigenvalue weighted by Crippen LogP contribution is -2.41. The third-order valence-electron chi connectivity index (χ3n) is 2.57. The van der Waals surface area contributed by atoms with Crippen LogP contribution in [0.25, 0.3) is 0 Å². The summed E-state index contributed by atoms with van der Waals surface area (Å²) in [5.41, 5.74) is 0.675. The van der Waals surface area contributed by atoms with Crippen molar-refractivity contribution in [1.29, 1.82) is 0 Å². The molecule has 0 bridgehead atoms. The average molecular weight is 335 g/mol. The maximum atomic E-state index is 12.0. The molecular formula is C12H15ClN2O5S. The number of rotatable bonds is 6. The summed E-state index contributed by atoms with van der Waals surface area (Å²) in [6.45, 7) is 1.64. The van der Waals surface area contributed by atoms with Gasteiger partial charge in [-0.3, -0.25) is 4.79 Å². The summed E-state index contributed by atoms with van der Waals surface area (Å²) >= 11 is 5.73. The molecule has 2 N–H and O–H groups in total. The molecule has 0 saturated heterocycles. The van der Waals surface area contributed by atoms with E-state index in [1.165, 1.54) is 12.1 Å². The van der Waals surface area contributed by atoms with Crippen LogP contribution in [-0.4, -0.2) is 48.4 Å². The number of hydrogen-bond acceptors (Lipinski definition) is 5. The van der Waals surface area contributed by atoms with E-state index in [2.05, 4.69) is 10.3 Å². The zero-order valence-corrected chi connectivity index (χ0v) is 13.0. The standard InChI is InChI=1S/C12H15ClN2O5S/c1-7-5-8(6-10(13)14-7)11(16)15-9(12(17)18)3-4-21(2,19)20/h5-6,9H,3-4H2,1-2H3,(H,15,16)(H,17,18). The summed E-state index contributed by atoms with van der Waals surface area (Å²) < 4.78 is 22.1. The van der Waals surface area contributed by atoms with Gasteiger partial charge >= 0.3 is 5.97 Å². The van der Waals surface area contributed by atoms with Crippen molar-refractivity contribution in [2.24, 2.45) is 0 Å². The first-order chi connectivity index (χ1) is 9.58. The molecule has 116 valence electrons. The summed E-state index contributed by atoms with van der Waals surface area (Å²) in [4.78, 5) is 26.9. The Morgan fingerprint density at radius 3 is 2.52 bits per heavy atom. The molecule has 0 radical (unpaired) electrons. The quantitative estimate of drug-likeness (QED) is 0.739. The molecule has 1 rings (SSSR count). The molecule has 0 aliphatic rings. The molecule has 0 aliphatic carbocycles. The van der Waals surface area contributed by atoms with Crippen LogP contribution in [0.3, 0.4) is 0 Å². The van der Waals surface area contributed by atoms with Crippen LogP contribution in [-0.2, 0) is 14.6 Å². The minimum Gasteiger partial charge on any atom is -0.480 e. The van der Waals surface area contributed by atoms with Gasteiger partial charge in [0.1, 0.15) is 21.0 Å². The van der Waals surface area contributed by atoms with Gasteiger partial charge in [-0.25, -0.2) is 18.2 Å². The fourth-order valence-electron chi connectivity index (χ4n) is 1.59. The highest BCUT2D eigenvalue weighted by atomic mass is 35.5. The van der Waals surface area contributed by atoms with Gasteiger partial charge in [-0.2, -0.15) is 0 Å². The number of carbonyl (C=O) groups excluding carboxylic acids is 1. The number of nitrogens with zero attached hydrogens (tertiary/aromatic N) is 1. The highest BCUT2D eigenvalue weighted by Gasteiger charge is 2.22. The summed E-state index contributed by atoms with van der Waals surface area (Å²) in [5, 5.41) is 11.4. The van der Waals surface area contributed by atoms with Gasteiger partial charge in [0.05, 0.1) is 5.75 Å². The summed E-state index contributed by atoms with van der Waals surface area (Å²) in [6, 6.07) is 1.47. The molecule has 0 aliphatic heterocycles. The van der Waals surface area contributed by atoms with Gasteiger partial charge in [-0.1, -0.05) is 11.6 Å². The molecule has 21 heavy (non-hydrogen) atoms. The Kier molecular flexibility index (Phi) is 5.68. The van der Waals surface area contributed by atoms with E-state index in [0.717, 1.165) is 6.26 Å². The van der Waals surface area contributed by atoms with Crippen molar-refractivity contribution < 1.29 is 23.1 Å². The number of halogens is 1. The Hall–Kier alpha value is -1.67. The number of pyridine rings is 1. The molecule has 1 unspecified atom stereocenters. The van der Waals surface area contributed by atoms with Crippen molar-refractivity contribution in [2.75, 3.05) is 12.0 Å². The first-order valence-electron chi connectivity index (χ1n) is 5.94. The van der Waals surface area contributed by atoms with Gasteiger partial charge in [-0.15, -0.1) is 0 Å². The fourth-order valence-corrected chi connectivity index (χ4v) is 2.50. The first-order valence-corrected chi connectivity index (χ1v) is 8.38. The molecule has 1 amide bonds. The molecule has 0 spiro atoms. The van der Waals surface area contributed by atoms with E-state index in [1.54, 1.807) is 6.92 Å². The molecule has 1 heterocycles. The average Bonchev–Trinajstić information content (AvgIpc) is 2.31. The van der Waals surface area contributed by atoms with Crippen LogP contribution in [0.5, 0.6) is 0 Å². The van der Waals surface area contributed by atoms with Crippen molar-refractivity contribution in [3.05, 3.63) is 28.5 Å².